The molecule has 5 aliphatic carbocycles. The van der Waals surface area contributed by atoms with Crippen molar-refractivity contribution in [2.75, 3.05) is 12.3 Å². The van der Waals surface area contributed by atoms with E-state index in [1.54, 1.807) is 0 Å². The fourth-order valence-corrected chi connectivity index (χ4v) is 17.1. The van der Waals surface area contributed by atoms with Crippen LogP contribution in [-0.4, -0.2) is 57.9 Å². The zero-order valence-corrected chi connectivity index (χ0v) is 39.1. The van der Waals surface area contributed by atoms with E-state index in [9.17, 15) is 10.2 Å². The fourth-order valence-electron chi connectivity index (χ4n) is 14.7. The van der Waals surface area contributed by atoms with Crippen molar-refractivity contribution in [3.63, 3.8) is 0 Å². The van der Waals surface area contributed by atoms with E-state index in [4.69, 9.17) is 26.5 Å². The van der Waals surface area contributed by atoms with Gasteiger partial charge >= 0.3 is 0 Å². The van der Waals surface area contributed by atoms with E-state index in [0.29, 0.717) is 60.0 Å². The highest BCUT2D eigenvalue weighted by Gasteiger charge is 2.67. The van der Waals surface area contributed by atoms with Gasteiger partial charge in [0.25, 0.3) is 0 Å². The molecule has 2 aliphatic heterocycles. The maximum atomic E-state index is 11.3. The minimum Gasteiger partial charge on any atom is -0.471 e. The van der Waals surface area contributed by atoms with Gasteiger partial charge in [-0.2, -0.15) is 0 Å². The second kappa shape index (κ2) is 17.4. The molecule has 1 aromatic heterocycles. The normalized spacial score (nSPS) is 41.6. The van der Waals surface area contributed by atoms with Crippen LogP contribution in [0.4, 0.5) is 0 Å². The largest absolute Gasteiger partial charge is 0.471 e. The van der Waals surface area contributed by atoms with E-state index in [0.717, 1.165) is 74.7 Å². The first-order valence-electron chi connectivity index (χ1n) is 24.5. The van der Waals surface area contributed by atoms with Gasteiger partial charge in [0.05, 0.1) is 35.9 Å². The first kappa shape index (κ1) is 43.5. The predicted octanol–water partition coefficient (Wildman–Crippen LogP) is 11.5. The summed E-state index contributed by atoms with van der Waals surface area (Å²) in [5, 5.41) is 27.8. The van der Waals surface area contributed by atoms with Crippen molar-refractivity contribution in [2.45, 2.75) is 171 Å². The molecule has 5 N–H and O–H groups in total. The van der Waals surface area contributed by atoms with Gasteiger partial charge in [-0.15, -0.1) is 0 Å². The summed E-state index contributed by atoms with van der Waals surface area (Å²) in [5.41, 5.74) is 12.4. The van der Waals surface area contributed by atoms with Crippen molar-refractivity contribution in [3.05, 3.63) is 83.8 Å². The van der Waals surface area contributed by atoms with Gasteiger partial charge in [0, 0.05) is 52.6 Å². The molecule has 0 amide bonds. The summed E-state index contributed by atoms with van der Waals surface area (Å²) in [6.45, 7) is 10.6. The Labute approximate surface area is 379 Å². The Bertz CT molecular complexity index is 2120. The van der Waals surface area contributed by atoms with Gasteiger partial charge in [0.1, 0.15) is 0 Å². The van der Waals surface area contributed by atoms with Gasteiger partial charge in [-0.25, -0.2) is 0 Å². The molecule has 1 spiro atoms. The fraction of sp³-hybridized carbons (Fsp3) is 0.679. The SMILES string of the molecule is C=C1C[C@@]2(CC[C@H](CC[C@]3(O)CCC[C@@H](O)C3)C2)[C@@H]2O[C@]2(C)CC[C@@H]2[C@@H]1C[C@]2(C)[C@@H]1CC[C@H]([C@H]2CSSCc3ccccc3CC[C@@H](c3cccc4cocc34)CN=C(N)N2)C1. The lowest BCUT2D eigenvalue weighted by Crippen LogP contribution is -2.51. The molecule has 2 aromatic carbocycles. The van der Waals surface area contributed by atoms with Crippen LogP contribution in [0, 0.1) is 40.4 Å². The molecule has 5 saturated carbocycles. The number of hydrogen-bond donors (Lipinski definition) is 4. The van der Waals surface area contributed by atoms with E-state index in [1.165, 1.54) is 79.0 Å². The molecule has 7 aliphatic rings. The zero-order valence-electron chi connectivity index (χ0n) is 37.5. The maximum absolute atomic E-state index is 11.3. The van der Waals surface area contributed by atoms with Crippen LogP contribution < -0.4 is 11.1 Å². The number of hydrogen-bond acceptors (Lipinski definition) is 9. The first-order chi connectivity index (χ1) is 29.9. The molecule has 1 saturated heterocycles. The number of furan rings is 1. The van der Waals surface area contributed by atoms with Crippen LogP contribution in [0.3, 0.4) is 0 Å². The summed E-state index contributed by atoms with van der Waals surface area (Å²) >= 11 is 0. The molecule has 10 rings (SSSR count). The Balaban J connectivity index is 0.813. The predicted molar refractivity (Wildman–Crippen MR) is 256 cm³/mol. The smallest absolute Gasteiger partial charge is 0.188 e. The summed E-state index contributed by atoms with van der Waals surface area (Å²) < 4.78 is 12.5. The Morgan fingerprint density at radius 1 is 0.935 bits per heavy atom. The summed E-state index contributed by atoms with van der Waals surface area (Å²) in [5.74, 6) is 6.03. The molecule has 13 atom stereocenters. The van der Waals surface area contributed by atoms with Crippen molar-refractivity contribution >= 4 is 38.3 Å². The lowest BCUT2D eigenvalue weighted by Gasteiger charge is -2.58. The molecular formula is C53H73N3O4S2. The maximum Gasteiger partial charge on any atom is 0.188 e. The number of aliphatic imine (C=N–C) groups is 1. The number of aliphatic hydroxyl groups is 2. The van der Waals surface area contributed by atoms with E-state index in [-0.39, 0.29) is 29.1 Å². The van der Waals surface area contributed by atoms with Gasteiger partial charge in [-0.1, -0.05) is 83.1 Å². The Morgan fingerprint density at radius 3 is 2.68 bits per heavy atom. The van der Waals surface area contributed by atoms with Crippen LogP contribution in [-0.2, 0) is 16.9 Å². The van der Waals surface area contributed by atoms with Gasteiger partial charge in [-0.3, -0.25) is 4.99 Å². The van der Waals surface area contributed by atoms with E-state index < -0.39 is 5.60 Å². The summed E-state index contributed by atoms with van der Waals surface area (Å²) in [4.78, 5) is 5.11. The quantitative estimate of drug-likeness (QED) is 0.110. The van der Waals surface area contributed by atoms with Crippen molar-refractivity contribution < 1.29 is 19.4 Å². The molecule has 336 valence electrons. The molecule has 0 unspecified atom stereocenters. The number of nitrogens with zero attached hydrogens (tertiary/aromatic N) is 1. The number of nitrogens with one attached hydrogen (secondary N) is 1. The minimum atomic E-state index is -0.684. The van der Waals surface area contributed by atoms with E-state index in [1.807, 2.05) is 34.1 Å². The number of aliphatic hydroxyl groups excluding tert-OH is 1. The average Bonchev–Trinajstić information content (AvgIpc) is 3.71. The highest BCUT2D eigenvalue weighted by molar-refractivity contribution is 8.76. The number of fused-ring (bicyclic) bond motifs is 5. The van der Waals surface area contributed by atoms with Crippen molar-refractivity contribution in [3.8, 4) is 0 Å². The molecule has 62 heavy (non-hydrogen) atoms. The molecule has 9 heteroatoms. The van der Waals surface area contributed by atoms with Crippen LogP contribution >= 0.6 is 21.6 Å². The van der Waals surface area contributed by atoms with Gasteiger partial charge in [-0.05, 0) is 168 Å². The number of benzene rings is 2. The topological polar surface area (TPSA) is 117 Å². The minimum absolute atomic E-state index is 0.0176. The second-order valence-electron chi connectivity index (χ2n) is 22.1. The average molecular weight is 880 g/mol. The molecule has 3 aromatic rings. The highest BCUT2D eigenvalue weighted by atomic mass is 33.1. The summed E-state index contributed by atoms with van der Waals surface area (Å²) in [7, 11) is 4.00. The lowest BCUT2D eigenvalue weighted by atomic mass is 9.46. The van der Waals surface area contributed by atoms with Crippen LogP contribution in [0.15, 0.2) is 76.6 Å². The second-order valence-corrected chi connectivity index (χ2v) is 24.6. The third-order valence-corrected chi connectivity index (χ3v) is 20.6. The molecular weight excluding hydrogens is 807 g/mol. The van der Waals surface area contributed by atoms with Crippen LogP contribution in [0.5, 0.6) is 0 Å². The Kier molecular flexibility index (Phi) is 12.2. The number of aryl methyl sites for hydroxylation is 1. The van der Waals surface area contributed by atoms with Gasteiger partial charge in [0.15, 0.2) is 5.96 Å². The summed E-state index contributed by atoms with van der Waals surface area (Å²) in [6, 6.07) is 15.8. The van der Waals surface area contributed by atoms with Gasteiger partial charge < -0.3 is 30.4 Å². The van der Waals surface area contributed by atoms with E-state index in [2.05, 4.69) is 61.6 Å². The summed E-state index contributed by atoms with van der Waals surface area (Å²) in [6.07, 6.45) is 23.0. The zero-order chi connectivity index (χ0) is 42.7. The Morgan fingerprint density at radius 2 is 1.81 bits per heavy atom. The number of epoxide rings is 1. The number of ether oxygens (including phenoxy) is 1. The number of guanidine groups is 1. The monoisotopic (exact) mass is 880 g/mol. The van der Waals surface area contributed by atoms with Crippen LogP contribution in [0.25, 0.3) is 10.8 Å². The van der Waals surface area contributed by atoms with Gasteiger partial charge in [0.2, 0.25) is 0 Å². The molecule has 6 fully saturated rings. The molecule has 3 heterocycles. The van der Waals surface area contributed by atoms with Crippen molar-refractivity contribution in [1.29, 1.82) is 0 Å². The molecule has 0 radical (unpaired) electrons. The first-order valence-corrected chi connectivity index (χ1v) is 27.0. The van der Waals surface area contributed by atoms with Crippen molar-refractivity contribution in [1.82, 2.24) is 5.32 Å². The molecule has 7 nitrogen and oxygen atoms in total. The van der Waals surface area contributed by atoms with E-state index >= 15 is 0 Å². The van der Waals surface area contributed by atoms with Crippen LogP contribution in [0.1, 0.15) is 146 Å². The highest BCUT2D eigenvalue weighted by Crippen LogP contribution is 2.69. The third-order valence-electron chi connectivity index (χ3n) is 18.3. The van der Waals surface area contributed by atoms with Crippen molar-refractivity contribution in [2.24, 2.45) is 51.1 Å². The third kappa shape index (κ3) is 8.58. The number of rotatable bonds is 6. The Hall–Kier alpha value is -2.43. The number of nitrogens with two attached hydrogens (primary N) is 1. The van der Waals surface area contributed by atoms with Crippen LogP contribution in [0.2, 0.25) is 0 Å². The molecule has 0 bridgehead atoms. The number of allylic oxidation sites excluding steroid dienone is 1. The lowest BCUT2D eigenvalue weighted by molar-refractivity contribution is -0.0696. The standard InChI is InChI=1S/C53H73N3O4S2/c1-34-25-52(22-17-35(26-52)18-23-53(58)20-7-11-42(57)27-53)48-51(3,60-48)21-19-46-44(34)28-50(46,2)41-16-15-37(24-41)47-33-62-61-32-40-9-5-4-8-36(40)13-14-38(29-55-49(54)56-47)43-12-6-10-39-30-59-31-45(39)43/h4-6,8-10,12,30-31,35,37-38,41-42,44,46-48,57-58H,1,7,11,13-29,32-33H2,2-3H3,(H3,54,55,56)/t35-,37+,38-,41-,42-,44-,46-,47-,48-,50-,51-,52-,53-/m1/s1.